The number of nitrogens with one attached hydrogen (secondary N) is 2. The number of rotatable bonds is 4. The van der Waals surface area contributed by atoms with Gasteiger partial charge in [0.05, 0.1) is 0 Å². The minimum absolute atomic E-state index is 0.571. The van der Waals surface area contributed by atoms with Crippen molar-refractivity contribution in [1.82, 2.24) is 5.32 Å². The van der Waals surface area contributed by atoms with Gasteiger partial charge in [-0.1, -0.05) is 32.0 Å². The lowest BCUT2D eigenvalue weighted by Crippen LogP contribution is -2.33. The lowest BCUT2D eigenvalue weighted by molar-refractivity contribution is 0.530. The number of hydrogen-bond donors (Lipinski definition) is 2. The molecule has 0 bridgehead atoms. The average molecular weight is 204 g/mol. The van der Waals surface area contributed by atoms with Gasteiger partial charge in [0.2, 0.25) is 0 Å². The fourth-order valence-corrected chi connectivity index (χ4v) is 2.04. The maximum Gasteiger partial charge on any atom is 0.0427 e. The van der Waals surface area contributed by atoms with Crippen LogP contribution < -0.4 is 10.6 Å². The molecule has 0 radical (unpaired) electrons. The van der Waals surface area contributed by atoms with Gasteiger partial charge in [-0.25, -0.2) is 0 Å². The molecule has 15 heavy (non-hydrogen) atoms. The standard InChI is InChI=1S/C13H20N2/c1-10(2)8-14-9-12-7-11-5-3-4-6-13(11)15-12/h3-6,10,12,14-15H,7-9H2,1-2H3. The Morgan fingerprint density at radius 3 is 2.93 bits per heavy atom. The van der Waals surface area contributed by atoms with Crippen molar-refractivity contribution in [3.05, 3.63) is 29.8 Å². The van der Waals surface area contributed by atoms with E-state index in [4.69, 9.17) is 0 Å². The Bertz CT molecular complexity index is 295. The summed E-state index contributed by atoms with van der Waals surface area (Å²) in [7, 11) is 0. The second kappa shape index (κ2) is 4.67. The third-order valence-electron chi connectivity index (χ3n) is 2.79. The Hall–Kier alpha value is -1.02. The maximum absolute atomic E-state index is 3.55. The van der Waals surface area contributed by atoms with E-state index in [1.54, 1.807) is 0 Å². The molecule has 1 atom stereocenters. The summed E-state index contributed by atoms with van der Waals surface area (Å²) in [5, 5.41) is 7.04. The molecule has 2 rings (SSSR count). The molecule has 1 aliphatic heterocycles. The van der Waals surface area contributed by atoms with Crippen molar-refractivity contribution in [1.29, 1.82) is 0 Å². The molecular weight excluding hydrogens is 184 g/mol. The zero-order chi connectivity index (χ0) is 10.7. The Balaban J connectivity index is 1.80. The topological polar surface area (TPSA) is 24.1 Å². The molecule has 1 aliphatic rings. The minimum Gasteiger partial charge on any atom is -0.380 e. The van der Waals surface area contributed by atoms with Gasteiger partial charge in [-0.15, -0.1) is 0 Å². The van der Waals surface area contributed by atoms with Crippen molar-refractivity contribution in [2.45, 2.75) is 26.3 Å². The molecule has 0 aliphatic carbocycles. The first kappa shape index (κ1) is 10.5. The predicted molar refractivity (Wildman–Crippen MR) is 65.3 cm³/mol. The Kier molecular flexibility index (Phi) is 3.27. The van der Waals surface area contributed by atoms with Crippen LogP contribution in [-0.2, 0) is 6.42 Å². The van der Waals surface area contributed by atoms with Crippen LogP contribution in [0.1, 0.15) is 19.4 Å². The summed E-state index contributed by atoms with van der Waals surface area (Å²) in [6.07, 6.45) is 1.15. The first-order chi connectivity index (χ1) is 7.25. The van der Waals surface area contributed by atoms with Crippen LogP contribution in [0.15, 0.2) is 24.3 Å². The van der Waals surface area contributed by atoms with Crippen LogP contribution in [0, 0.1) is 5.92 Å². The van der Waals surface area contributed by atoms with Gasteiger partial charge in [0.15, 0.2) is 0 Å². The highest BCUT2D eigenvalue weighted by Gasteiger charge is 2.18. The van der Waals surface area contributed by atoms with Crippen molar-refractivity contribution in [3.63, 3.8) is 0 Å². The molecule has 82 valence electrons. The first-order valence-electron chi connectivity index (χ1n) is 5.81. The largest absolute Gasteiger partial charge is 0.380 e. The third kappa shape index (κ3) is 2.72. The van der Waals surface area contributed by atoms with Crippen LogP contribution in [0.4, 0.5) is 5.69 Å². The summed E-state index contributed by atoms with van der Waals surface area (Å²) in [6, 6.07) is 9.16. The second-order valence-corrected chi connectivity index (χ2v) is 4.75. The molecule has 1 aromatic carbocycles. The summed E-state index contributed by atoms with van der Waals surface area (Å²) in [5.41, 5.74) is 2.77. The van der Waals surface area contributed by atoms with Crippen molar-refractivity contribution >= 4 is 5.69 Å². The molecule has 1 aromatic rings. The second-order valence-electron chi connectivity index (χ2n) is 4.75. The SMILES string of the molecule is CC(C)CNCC1Cc2ccccc2N1. The number of para-hydroxylation sites is 1. The summed E-state index contributed by atoms with van der Waals surface area (Å²) in [6.45, 7) is 6.65. The fourth-order valence-electron chi connectivity index (χ4n) is 2.04. The Labute approximate surface area is 92.1 Å². The maximum atomic E-state index is 3.55. The molecule has 2 heteroatoms. The van der Waals surface area contributed by atoms with Crippen LogP contribution in [0.3, 0.4) is 0 Å². The van der Waals surface area contributed by atoms with Crippen molar-refractivity contribution in [3.8, 4) is 0 Å². The van der Waals surface area contributed by atoms with Gasteiger partial charge < -0.3 is 10.6 Å². The molecule has 0 aromatic heterocycles. The van der Waals surface area contributed by atoms with Crippen LogP contribution in [-0.4, -0.2) is 19.1 Å². The highest BCUT2D eigenvalue weighted by molar-refractivity contribution is 5.56. The Morgan fingerprint density at radius 2 is 2.20 bits per heavy atom. The zero-order valence-corrected chi connectivity index (χ0v) is 9.59. The lowest BCUT2D eigenvalue weighted by Gasteiger charge is -2.13. The summed E-state index contributed by atoms with van der Waals surface area (Å²) < 4.78 is 0. The van der Waals surface area contributed by atoms with Crippen molar-refractivity contribution in [2.75, 3.05) is 18.4 Å². The number of fused-ring (bicyclic) bond motifs is 1. The highest BCUT2D eigenvalue weighted by atomic mass is 15.0. The zero-order valence-electron chi connectivity index (χ0n) is 9.59. The van der Waals surface area contributed by atoms with E-state index >= 15 is 0 Å². The van der Waals surface area contributed by atoms with Crippen molar-refractivity contribution < 1.29 is 0 Å². The molecule has 1 unspecified atom stereocenters. The summed E-state index contributed by atoms with van der Waals surface area (Å²) in [5.74, 6) is 0.730. The van der Waals surface area contributed by atoms with Crippen LogP contribution in [0.2, 0.25) is 0 Å². The molecule has 0 saturated heterocycles. The lowest BCUT2D eigenvalue weighted by atomic mass is 10.1. The molecule has 2 N–H and O–H groups in total. The smallest absolute Gasteiger partial charge is 0.0427 e. The third-order valence-corrected chi connectivity index (χ3v) is 2.79. The van der Waals surface area contributed by atoms with E-state index in [0.29, 0.717) is 6.04 Å². The van der Waals surface area contributed by atoms with E-state index < -0.39 is 0 Å². The van der Waals surface area contributed by atoms with Gasteiger partial charge in [0.1, 0.15) is 0 Å². The van der Waals surface area contributed by atoms with E-state index in [-0.39, 0.29) is 0 Å². The highest BCUT2D eigenvalue weighted by Crippen LogP contribution is 2.24. The van der Waals surface area contributed by atoms with Gasteiger partial charge in [-0.05, 0) is 30.5 Å². The van der Waals surface area contributed by atoms with Crippen LogP contribution in [0.25, 0.3) is 0 Å². The van der Waals surface area contributed by atoms with Gasteiger partial charge in [-0.2, -0.15) is 0 Å². The quantitative estimate of drug-likeness (QED) is 0.786. The van der Waals surface area contributed by atoms with Gasteiger partial charge in [0, 0.05) is 18.3 Å². The molecule has 0 saturated carbocycles. The Morgan fingerprint density at radius 1 is 1.40 bits per heavy atom. The van der Waals surface area contributed by atoms with E-state index in [9.17, 15) is 0 Å². The van der Waals surface area contributed by atoms with Gasteiger partial charge in [-0.3, -0.25) is 0 Å². The molecule has 0 fully saturated rings. The molecule has 2 nitrogen and oxygen atoms in total. The number of hydrogen-bond acceptors (Lipinski definition) is 2. The van der Waals surface area contributed by atoms with Crippen molar-refractivity contribution in [2.24, 2.45) is 5.92 Å². The first-order valence-corrected chi connectivity index (χ1v) is 5.81. The number of benzene rings is 1. The van der Waals surface area contributed by atoms with Crippen LogP contribution in [0.5, 0.6) is 0 Å². The van der Waals surface area contributed by atoms with E-state index in [1.165, 1.54) is 11.3 Å². The van der Waals surface area contributed by atoms with Gasteiger partial charge in [0.25, 0.3) is 0 Å². The molecule has 1 heterocycles. The molecular formula is C13H20N2. The number of anilines is 1. The van der Waals surface area contributed by atoms with Gasteiger partial charge >= 0.3 is 0 Å². The van der Waals surface area contributed by atoms with Crippen LogP contribution >= 0.6 is 0 Å². The summed E-state index contributed by atoms with van der Waals surface area (Å²) >= 11 is 0. The predicted octanol–water partition coefficient (Wildman–Crippen LogP) is 2.27. The summed E-state index contributed by atoms with van der Waals surface area (Å²) in [4.78, 5) is 0. The minimum atomic E-state index is 0.571. The monoisotopic (exact) mass is 204 g/mol. The normalized spacial score (nSPS) is 19.0. The van der Waals surface area contributed by atoms with E-state index in [1.807, 2.05) is 0 Å². The molecule has 0 amide bonds. The fraction of sp³-hybridized carbons (Fsp3) is 0.538. The average Bonchev–Trinajstić information content (AvgIpc) is 2.59. The molecule has 0 spiro atoms. The van der Waals surface area contributed by atoms with E-state index in [0.717, 1.165) is 25.4 Å². The van der Waals surface area contributed by atoms with E-state index in [2.05, 4.69) is 48.7 Å².